The summed E-state index contributed by atoms with van der Waals surface area (Å²) < 4.78 is 39.5. The molecule has 1 aliphatic rings. The third-order valence-corrected chi connectivity index (χ3v) is 3.52. The largest absolute Gasteiger partial charge is 0.486 e. The van der Waals surface area contributed by atoms with E-state index in [1.54, 1.807) is 6.07 Å². The van der Waals surface area contributed by atoms with E-state index in [1.165, 1.54) is 30.5 Å². The molecule has 2 heterocycles. The number of H-pyrrole nitrogens is 1. The number of nitriles is 1. The van der Waals surface area contributed by atoms with Crippen molar-refractivity contribution in [1.82, 2.24) is 20.2 Å². The molecule has 0 radical (unpaired) electrons. The quantitative estimate of drug-likeness (QED) is 0.568. The van der Waals surface area contributed by atoms with Crippen molar-refractivity contribution in [3.8, 4) is 6.07 Å². The Morgan fingerprint density at radius 1 is 1.40 bits per heavy atom. The number of benzene rings is 1. The lowest BCUT2D eigenvalue weighted by Crippen LogP contribution is -2.43. The van der Waals surface area contributed by atoms with Crippen molar-refractivity contribution < 1.29 is 23.1 Å². The van der Waals surface area contributed by atoms with Crippen LogP contribution in [0.4, 0.5) is 13.2 Å². The second-order valence-corrected chi connectivity index (χ2v) is 5.08. The predicted molar refractivity (Wildman–Crippen MR) is 80.6 cm³/mol. The third kappa shape index (κ3) is 2.99. The highest BCUT2D eigenvalue weighted by Crippen LogP contribution is 2.30. The maximum absolute atomic E-state index is 13.2. The van der Waals surface area contributed by atoms with Gasteiger partial charge in [-0.2, -0.15) is 18.4 Å². The van der Waals surface area contributed by atoms with Crippen LogP contribution in [0.25, 0.3) is 16.6 Å². The van der Waals surface area contributed by atoms with Crippen LogP contribution in [-0.4, -0.2) is 38.8 Å². The van der Waals surface area contributed by atoms with E-state index in [0.717, 1.165) is 0 Å². The van der Waals surface area contributed by atoms with E-state index in [9.17, 15) is 23.2 Å². The summed E-state index contributed by atoms with van der Waals surface area (Å²) in [5.41, 5.74) is 0.283. The van der Waals surface area contributed by atoms with E-state index in [2.05, 4.69) is 15.3 Å². The number of aromatic carboxylic acids is 1. The van der Waals surface area contributed by atoms with E-state index in [1.807, 2.05) is 0 Å². The Morgan fingerprint density at radius 2 is 2.16 bits per heavy atom. The monoisotopic (exact) mass is 349 g/mol. The van der Waals surface area contributed by atoms with Crippen LogP contribution in [0.15, 0.2) is 36.3 Å². The molecule has 0 fully saturated rings. The fourth-order valence-corrected chi connectivity index (χ4v) is 2.38. The van der Waals surface area contributed by atoms with E-state index < -0.39 is 24.6 Å². The van der Waals surface area contributed by atoms with Gasteiger partial charge >= 0.3 is 12.3 Å². The van der Waals surface area contributed by atoms with Crippen LogP contribution in [0, 0.1) is 11.3 Å². The Hall–Kier alpha value is -3.48. The van der Waals surface area contributed by atoms with Crippen LogP contribution in [-0.2, 0) is 0 Å². The van der Waals surface area contributed by atoms with Gasteiger partial charge in [0.2, 0.25) is 0 Å². The van der Waals surface area contributed by atoms with Crippen LogP contribution in [0.3, 0.4) is 0 Å². The van der Waals surface area contributed by atoms with Gasteiger partial charge in [-0.05, 0) is 24.3 Å². The molecule has 10 heteroatoms. The molecule has 0 saturated heterocycles. The molecular weight excluding hydrogens is 339 g/mol. The number of imidazole rings is 1. The molecule has 1 aromatic heterocycles. The van der Waals surface area contributed by atoms with Crippen LogP contribution in [0.5, 0.6) is 0 Å². The second kappa shape index (κ2) is 5.86. The fraction of sp³-hybridized carbons (Fsp3) is 0.133. The number of nitrogens with zero attached hydrogens (tertiary/aromatic N) is 3. The van der Waals surface area contributed by atoms with Gasteiger partial charge in [-0.25, -0.2) is 9.78 Å². The number of carbonyl (C=O) groups is 1. The number of hydrogen-bond acceptors (Lipinski definition) is 5. The second-order valence-electron chi connectivity index (χ2n) is 5.08. The molecule has 2 aromatic rings. The number of alkyl halides is 3. The molecule has 0 saturated carbocycles. The first-order valence-electron chi connectivity index (χ1n) is 6.95. The molecule has 1 aromatic carbocycles. The number of aromatic amines is 1. The smallest absolute Gasteiger partial charge is 0.478 e. The van der Waals surface area contributed by atoms with Crippen molar-refractivity contribution in [2.24, 2.45) is 0 Å². The zero-order valence-corrected chi connectivity index (χ0v) is 12.4. The normalized spacial score (nSPS) is 16.5. The van der Waals surface area contributed by atoms with Crippen LogP contribution in [0.1, 0.15) is 16.2 Å². The summed E-state index contributed by atoms with van der Waals surface area (Å²) in [6.45, 7) is -0.444. The minimum atomic E-state index is -4.68. The highest BCUT2D eigenvalue weighted by atomic mass is 19.4. The maximum atomic E-state index is 13.2. The minimum absolute atomic E-state index is 0.00972. The van der Waals surface area contributed by atoms with Crippen molar-refractivity contribution in [3.05, 3.63) is 47.7 Å². The van der Waals surface area contributed by atoms with Crippen molar-refractivity contribution in [2.75, 3.05) is 6.54 Å². The highest BCUT2D eigenvalue weighted by molar-refractivity contribution is 5.93. The van der Waals surface area contributed by atoms with Gasteiger partial charge < -0.3 is 15.4 Å². The van der Waals surface area contributed by atoms with E-state index >= 15 is 0 Å². The summed E-state index contributed by atoms with van der Waals surface area (Å²) in [5, 5.41) is 20.8. The number of allylic oxidation sites excluding steroid dienone is 1. The van der Waals surface area contributed by atoms with Gasteiger partial charge in [0, 0.05) is 12.7 Å². The number of fused-ring (bicyclic) bond motifs is 1. The molecule has 0 unspecified atom stereocenters. The third-order valence-electron chi connectivity index (χ3n) is 3.52. The van der Waals surface area contributed by atoms with Gasteiger partial charge in [0.1, 0.15) is 17.5 Å². The molecule has 7 nitrogen and oxygen atoms in total. The summed E-state index contributed by atoms with van der Waals surface area (Å²) >= 11 is 0. The molecule has 128 valence electrons. The van der Waals surface area contributed by atoms with Crippen LogP contribution in [0.2, 0.25) is 0 Å². The molecule has 0 atom stereocenters. The molecule has 3 N–H and O–H groups in total. The van der Waals surface area contributed by atoms with Gasteiger partial charge in [-0.1, -0.05) is 0 Å². The Morgan fingerprint density at radius 3 is 2.80 bits per heavy atom. The molecule has 0 spiro atoms. The van der Waals surface area contributed by atoms with Gasteiger partial charge in [-0.3, -0.25) is 4.90 Å². The fourth-order valence-electron chi connectivity index (χ4n) is 2.38. The average molecular weight is 349 g/mol. The van der Waals surface area contributed by atoms with Gasteiger partial charge in [0.25, 0.3) is 0 Å². The van der Waals surface area contributed by atoms with Crippen LogP contribution < -0.4 is 5.32 Å². The zero-order chi connectivity index (χ0) is 18.2. The van der Waals surface area contributed by atoms with Crippen molar-refractivity contribution in [3.63, 3.8) is 0 Å². The number of rotatable bonds is 2. The van der Waals surface area contributed by atoms with Gasteiger partial charge in [0.15, 0.2) is 5.82 Å². The Bertz CT molecular complexity index is 952. The Kier molecular flexibility index (Phi) is 3.84. The summed E-state index contributed by atoms with van der Waals surface area (Å²) in [7, 11) is 0. The van der Waals surface area contributed by atoms with Crippen molar-refractivity contribution in [2.45, 2.75) is 6.30 Å². The molecule has 25 heavy (non-hydrogen) atoms. The van der Waals surface area contributed by atoms with E-state index in [4.69, 9.17) is 5.11 Å². The SMILES string of the molecule is N#CC(=C1NC=CCN1C(F)(F)F)c1nc2ccc(C(=O)O)cc2[nH]1. The summed E-state index contributed by atoms with van der Waals surface area (Å²) in [5.74, 6) is -1.69. The van der Waals surface area contributed by atoms with Gasteiger partial charge in [-0.15, -0.1) is 0 Å². The Balaban J connectivity index is 2.14. The predicted octanol–water partition coefficient (Wildman–Crippen LogP) is 2.39. The zero-order valence-electron chi connectivity index (χ0n) is 12.4. The first-order chi connectivity index (χ1) is 11.8. The summed E-state index contributed by atoms with van der Waals surface area (Å²) in [4.78, 5) is 17.9. The highest BCUT2D eigenvalue weighted by Gasteiger charge is 2.40. The minimum Gasteiger partial charge on any atom is -0.478 e. The number of halogens is 3. The van der Waals surface area contributed by atoms with Gasteiger partial charge in [0.05, 0.1) is 16.6 Å². The standard InChI is InChI=1S/C15H10F3N5O2/c16-15(17,18)23-5-1-4-20-13(23)9(7-19)12-21-10-3-2-8(14(24)25)6-11(10)22-12/h1-4,6,20H,5H2,(H,21,22)(H,24,25). The summed E-state index contributed by atoms with van der Waals surface area (Å²) in [6, 6.07) is 5.74. The number of hydrogen-bond donors (Lipinski definition) is 3. The molecule has 0 amide bonds. The number of carboxylic acids is 1. The number of aromatic nitrogens is 2. The van der Waals surface area contributed by atoms with Crippen molar-refractivity contribution >= 4 is 22.6 Å². The molecular formula is C15H10F3N5O2. The van der Waals surface area contributed by atoms with Crippen molar-refractivity contribution in [1.29, 1.82) is 5.26 Å². The number of carboxylic acid groups (broad SMARTS) is 1. The number of nitrogens with one attached hydrogen (secondary N) is 2. The van der Waals surface area contributed by atoms with Crippen LogP contribution >= 0.6 is 0 Å². The lowest BCUT2D eigenvalue weighted by Gasteiger charge is -2.31. The van der Waals surface area contributed by atoms with E-state index in [-0.39, 0.29) is 21.9 Å². The molecule has 0 aliphatic carbocycles. The molecule has 3 rings (SSSR count). The first-order valence-corrected chi connectivity index (χ1v) is 6.95. The Labute approximate surface area is 138 Å². The topological polar surface area (TPSA) is 105 Å². The maximum Gasteiger partial charge on any atom is 0.486 e. The molecule has 1 aliphatic heterocycles. The lowest BCUT2D eigenvalue weighted by molar-refractivity contribution is -0.231. The lowest BCUT2D eigenvalue weighted by atomic mass is 10.2. The summed E-state index contributed by atoms with van der Waals surface area (Å²) in [6.07, 6.45) is -2.11. The molecule has 0 bridgehead atoms. The average Bonchev–Trinajstić information content (AvgIpc) is 2.97. The first kappa shape index (κ1) is 16.4. The van der Waals surface area contributed by atoms with E-state index in [0.29, 0.717) is 11.0 Å².